The molecular formula is C20H31N3O2. The van der Waals surface area contributed by atoms with E-state index in [0.29, 0.717) is 11.6 Å². The van der Waals surface area contributed by atoms with Gasteiger partial charge in [-0.15, -0.1) is 0 Å². The fraction of sp³-hybridized carbons (Fsp3) is 0.700. The van der Waals surface area contributed by atoms with E-state index < -0.39 is 0 Å². The van der Waals surface area contributed by atoms with Gasteiger partial charge in [0.15, 0.2) is 0 Å². The first-order chi connectivity index (χ1) is 11.7. The van der Waals surface area contributed by atoms with E-state index in [0.717, 1.165) is 38.0 Å². The van der Waals surface area contributed by atoms with Crippen molar-refractivity contribution in [1.29, 1.82) is 0 Å². The van der Waals surface area contributed by atoms with Gasteiger partial charge in [0.2, 0.25) is 0 Å². The molecule has 1 amide bonds. The summed E-state index contributed by atoms with van der Waals surface area (Å²) in [6.07, 6.45) is 4.92. The minimum absolute atomic E-state index is 0.0867. The zero-order valence-electron chi connectivity index (χ0n) is 15.9. The predicted molar refractivity (Wildman–Crippen MR) is 99.7 cm³/mol. The standard InChI is InChI=1S/C20H31N3O2/c1-19(2)13-20(3,4)18(19)22-17(25)16-6-5-15(11-21-16)23-9-7-14(12-24)8-10-23/h5-6,11,14,18,24H,7-10,12-13H2,1-4H3,(H,22,25). The number of hydrogen-bond acceptors (Lipinski definition) is 4. The van der Waals surface area contributed by atoms with Crippen LogP contribution in [0, 0.1) is 16.7 Å². The largest absolute Gasteiger partial charge is 0.396 e. The van der Waals surface area contributed by atoms with Gasteiger partial charge in [-0.05, 0) is 48.1 Å². The van der Waals surface area contributed by atoms with Crippen LogP contribution in [0.2, 0.25) is 0 Å². The van der Waals surface area contributed by atoms with Crippen LogP contribution >= 0.6 is 0 Å². The average molecular weight is 345 g/mol. The van der Waals surface area contributed by atoms with E-state index in [1.165, 1.54) is 0 Å². The van der Waals surface area contributed by atoms with Crippen LogP contribution in [0.25, 0.3) is 0 Å². The molecule has 25 heavy (non-hydrogen) atoms. The normalized spacial score (nSPS) is 23.2. The Hall–Kier alpha value is -1.62. The van der Waals surface area contributed by atoms with Gasteiger partial charge in [0.25, 0.3) is 5.91 Å². The Kier molecular flexibility index (Phi) is 4.80. The second kappa shape index (κ2) is 6.60. The van der Waals surface area contributed by atoms with Crippen LogP contribution in [-0.4, -0.2) is 41.7 Å². The number of piperidine rings is 1. The van der Waals surface area contributed by atoms with Gasteiger partial charge >= 0.3 is 0 Å². The molecule has 1 aliphatic heterocycles. The lowest BCUT2D eigenvalue weighted by Crippen LogP contribution is -2.63. The molecule has 0 bridgehead atoms. The highest BCUT2D eigenvalue weighted by Gasteiger charge is 2.53. The number of aromatic nitrogens is 1. The van der Waals surface area contributed by atoms with E-state index in [4.69, 9.17) is 0 Å². The van der Waals surface area contributed by atoms with Gasteiger partial charge < -0.3 is 15.3 Å². The molecule has 1 aliphatic carbocycles. The van der Waals surface area contributed by atoms with Crippen LogP contribution in [0.3, 0.4) is 0 Å². The highest BCUT2D eigenvalue weighted by molar-refractivity contribution is 5.92. The van der Waals surface area contributed by atoms with Gasteiger partial charge in [0, 0.05) is 25.7 Å². The summed E-state index contributed by atoms with van der Waals surface area (Å²) < 4.78 is 0. The fourth-order valence-corrected chi connectivity index (χ4v) is 4.98. The number of rotatable bonds is 4. The van der Waals surface area contributed by atoms with Crippen molar-refractivity contribution in [2.24, 2.45) is 16.7 Å². The molecule has 1 saturated heterocycles. The van der Waals surface area contributed by atoms with Crippen LogP contribution in [-0.2, 0) is 0 Å². The number of carbonyl (C=O) groups is 1. The maximum absolute atomic E-state index is 12.6. The molecule has 0 atom stereocenters. The Morgan fingerprint density at radius 1 is 1.24 bits per heavy atom. The topological polar surface area (TPSA) is 65.5 Å². The molecule has 2 N–H and O–H groups in total. The third-order valence-electron chi connectivity index (χ3n) is 5.97. The maximum Gasteiger partial charge on any atom is 0.270 e. The summed E-state index contributed by atoms with van der Waals surface area (Å²) in [5, 5.41) is 12.4. The Bertz CT molecular complexity index is 602. The lowest BCUT2D eigenvalue weighted by Gasteiger charge is -2.57. The Balaban J connectivity index is 1.61. The highest BCUT2D eigenvalue weighted by atomic mass is 16.3. The molecule has 1 saturated carbocycles. The molecule has 2 aliphatic rings. The van der Waals surface area contributed by atoms with Crippen molar-refractivity contribution in [3.05, 3.63) is 24.0 Å². The van der Waals surface area contributed by atoms with E-state index in [1.807, 2.05) is 12.1 Å². The van der Waals surface area contributed by atoms with Crippen molar-refractivity contribution in [1.82, 2.24) is 10.3 Å². The summed E-state index contributed by atoms with van der Waals surface area (Å²) >= 11 is 0. The number of nitrogens with zero attached hydrogens (tertiary/aromatic N) is 2. The molecule has 3 rings (SSSR count). The lowest BCUT2D eigenvalue weighted by atomic mass is 9.52. The summed E-state index contributed by atoms with van der Waals surface area (Å²) in [6.45, 7) is 11.0. The van der Waals surface area contributed by atoms with Crippen LogP contribution in [0.15, 0.2) is 18.3 Å². The number of carbonyl (C=O) groups excluding carboxylic acids is 1. The molecule has 2 heterocycles. The van der Waals surface area contributed by atoms with Gasteiger partial charge in [0.05, 0.1) is 11.9 Å². The zero-order valence-corrected chi connectivity index (χ0v) is 15.9. The zero-order chi connectivity index (χ0) is 18.2. The molecule has 5 heteroatoms. The van der Waals surface area contributed by atoms with Crippen LogP contribution in [0.1, 0.15) is 57.4 Å². The van der Waals surface area contributed by atoms with Crippen molar-refractivity contribution < 1.29 is 9.90 Å². The fourth-order valence-electron chi connectivity index (χ4n) is 4.98. The third-order valence-corrected chi connectivity index (χ3v) is 5.97. The van der Waals surface area contributed by atoms with Gasteiger partial charge in [-0.2, -0.15) is 0 Å². The van der Waals surface area contributed by atoms with Gasteiger partial charge in [-0.25, -0.2) is 4.98 Å². The summed E-state index contributed by atoms with van der Waals surface area (Å²) in [6, 6.07) is 3.98. The van der Waals surface area contributed by atoms with Gasteiger partial charge in [-0.1, -0.05) is 27.7 Å². The molecule has 138 valence electrons. The molecule has 2 fully saturated rings. The highest BCUT2D eigenvalue weighted by Crippen LogP contribution is 2.53. The molecule has 0 radical (unpaired) electrons. The molecule has 0 aromatic carbocycles. The van der Waals surface area contributed by atoms with Gasteiger partial charge in [0.1, 0.15) is 5.69 Å². The summed E-state index contributed by atoms with van der Waals surface area (Å²) in [7, 11) is 0. The minimum Gasteiger partial charge on any atom is -0.396 e. The van der Waals surface area contributed by atoms with E-state index in [-0.39, 0.29) is 29.4 Å². The van der Waals surface area contributed by atoms with Crippen molar-refractivity contribution in [3.8, 4) is 0 Å². The summed E-state index contributed by atoms with van der Waals surface area (Å²) in [5.41, 5.74) is 1.80. The number of aliphatic hydroxyl groups is 1. The predicted octanol–water partition coefficient (Wildman–Crippen LogP) is 2.84. The van der Waals surface area contributed by atoms with Crippen molar-refractivity contribution >= 4 is 11.6 Å². The first-order valence-corrected chi connectivity index (χ1v) is 9.36. The van der Waals surface area contributed by atoms with Crippen molar-refractivity contribution in [2.45, 2.75) is 53.0 Å². The average Bonchev–Trinajstić information content (AvgIpc) is 2.58. The second-order valence-electron chi connectivity index (χ2n) is 9.08. The summed E-state index contributed by atoms with van der Waals surface area (Å²) in [5.74, 6) is 0.333. The number of amides is 1. The molecule has 0 unspecified atom stereocenters. The number of anilines is 1. The Labute approximate surface area is 150 Å². The smallest absolute Gasteiger partial charge is 0.270 e. The first kappa shape index (κ1) is 18.2. The lowest BCUT2D eigenvalue weighted by molar-refractivity contribution is -0.0367. The van der Waals surface area contributed by atoms with E-state index in [1.54, 1.807) is 6.20 Å². The second-order valence-corrected chi connectivity index (χ2v) is 9.08. The van der Waals surface area contributed by atoms with E-state index in [2.05, 4.69) is 42.9 Å². The molecule has 1 aromatic rings. The number of hydrogen-bond donors (Lipinski definition) is 2. The summed E-state index contributed by atoms with van der Waals surface area (Å²) in [4.78, 5) is 19.3. The van der Waals surface area contributed by atoms with Crippen LogP contribution in [0.4, 0.5) is 5.69 Å². The Morgan fingerprint density at radius 2 is 1.88 bits per heavy atom. The molecule has 5 nitrogen and oxygen atoms in total. The van der Waals surface area contributed by atoms with E-state index >= 15 is 0 Å². The molecule has 0 spiro atoms. The maximum atomic E-state index is 12.6. The monoisotopic (exact) mass is 345 g/mol. The number of nitrogens with one attached hydrogen (secondary N) is 1. The number of aliphatic hydroxyl groups excluding tert-OH is 1. The van der Waals surface area contributed by atoms with Crippen molar-refractivity contribution in [2.75, 3.05) is 24.6 Å². The number of pyridine rings is 1. The minimum atomic E-state index is -0.0867. The van der Waals surface area contributed by atoms with Crippen molar-refractivity contribution in [3.63, 3.8) is 0 Å². The quantitative estimate of drug-likeness (QED) is 0.881. The third kappa shape index (κ3) is 3.66. The van der Waals surface area contributed by atoms with Crippen LogP contribution < -0.4 is 10.2 Å². The van der Waals surface area contributed by atoms with E-state index in [9.17, 15) is 9.90 Å². The molecular weight excluding hydrogens is 314 g/mol. The SMILES string of the molecule is CC1(C)CC(C)(C)C1NC(=O)c1ccc(N2CCC(CO)CC2)cn1. The Morgan fingerprint density at radius 3 is 2.36 bits per heavy atom. The first-order valence-electron chi connectivity index (χ1n) is 9.36. The van der Waals surface area contributed by atoms with Gasteiger partial charge in [-0.3, -0.25) is 4.79 Å². The molecule has 1 aromatic heterocycles. The van der Waals surface area contributed by atoms with Crippen LogP contribution in [0.5, 0.6) is 0 Å².